The third-order valence-corrected chi connectivity index (χ3v) is 3.56. The summed E-state index contributed by atoms with van der Waals surface area (Å²) in [6.45, 7) is 0. The standard InChI is InChI=1S/C12H8O7S/c13-11(14)8-3-1-2-7-9(8)4-6(20(17,18)19)5-10(7)12(15)16/h1-5H,(H,13,14)(H,15,16)(H,17,18,19). The first-order valence-electron chi connectivity index (χ1n) is 5.22. The van der Waals surface area contributed by atoms with Gasteiger partial charge in [0.2, 0.25) is 0 Å². The number of rotatable bonds is 3. The largest absolute Gasteiger partial charge is 0.478 e. The van der Waals surface area contributed by atoms with Gasteiger partial charge in [0.25, 0.3) is 10.1 Å². The highest BCUT2D eigenvalue weighted by atomic mass is 32.2. The Balaban J connectivity index is 3.01. The van der Waals surface area contributed by atoms with Crippen molar-refractivity contribution in [1.82, 2.24) is 0 Å². The molecule has 2 aromatic rings. The first-order chi connectivity index (χ1) is 9.21. The quantitative estimate of drug-likeness (QED) is 0.731. The Morgan fingerprint density at radius 2 is 1.50 bits per heavy atom. The molecule has 104 valence electrons. The average molecular weight is 296 g/mol. The molecule has 7 nitrogen and oxygen atoms in total. The van der Waals surface area contributed by atoms with Crippen LogP contribution in [0.1, 0.15) is 20.7 Å². The highest BCUT2D eigenvalue weighted by Gasteiger charge is 2.20. The fourth-order valence-electron chi connectivity index (χ4n) is 1.87. The lowest BCUT2D eigenvalue weighted by Crippen LogP contribution is -2.06. The number of hydrogen-bond acceptors (Lipinski definition) is 4. The zero-order valence-electron chi connectivity index (χ0n) is 9.77. The SMILES string of the molecule is O=C(O)c1cc(S(=O)(=O)O)cc2c(C(=O)O)cccc12. The molecule has 3 N–H and O–H groups in total. The molecule has 0 saturated carbocycles. The van der Waals surface area contributed by atoms with Gasteiger partial charge in [0.15, 0.2) is 0 Å². The molecule has 0 aliphatic heterocycles. The minimum atomic E-state index is -4.65. The van der Waals surface area contributed by atoms with Crippen molar-refractivity contribution in [1.29, 1.82) is 0 Å². The number of hydrogen-bond donors (Lipinski definition) is 3. The van der Waals surface area contributed by atoms with E-state index in [1.54, 1.807) is 0 Å². The monoisotopic (exact) mass is 296 g/mol. The van der Waals surface area contributed by atoms with E-state index in [0.29, 0.717) is 0 Å². The second-order valence-corrected chi connectivity index (χ2v) is 5.38. The molecular weight excluding hydrogens is 288 g/mol. The summed E-state index contributed by atoms with van der Waals surface area (Å²) in [5.41, 5.74) is -0.659. The van der Waals surface area contributed by atoms with Crippen LogP contribution in [0.5, 0.6) is 0 Å². The van der Waals surface area contributed by atoms with Crippen molar-refractivity contribution in [3.63, 3.8) is 0 Å². The Bertz CT molecular complexity index is 836. The van der Waals surface area contributed by atoms with Gasteiger partial charge >= 0.3 is 11.9 Å². The number of aromatic carboxylic acids is 2. The molecular formula is C12H8O7S. The minimum Gasteiger partial charge on any atom is -0.478 e. The lowest BCUT2D eigenvalue weighted by Gasteiger charge is -2.08. The Labute approximate surface area is 112 Å². The molecule has 0 heterocycles. The first-order valence-corrected chi connectivity index (χ1v) is 6.66. The van der Waals surface area contributed by atoms with Crippen LogP contribution < -0.4 is 0 Å². The predicted octanol–water partition coefficient (Wildman–Crippen LogP) is 1.48. The maximum atomic E-state index is 11.2. The van der Waals surface area contributed by atoms with Crippen LogP contribution in [0.3, 0.4) is 0 Å². The predicted molar refractivity (Wildman–Crippen MR) is 67.7 cm³/mol. The van der Waals surface area contributed by atoms with Crippen molar-refractivity contribution in [2.24, 2.45) is 0 Å². The van der Waals surface area contributed by atoms with Crippen LogP contribution in [0.15, 0.2) is 35.2 Å². The number of carboxylic acids is 2. The smallest absolute Gasteiger partial charge is 0.336 e. The Morgan fingerprint density at radius 3 is 2.00 bits per heavy atom. The molecule has 0 fully saturated rings. The van der Waals surface area contributed by atoms with Crippen LogP contribution in [0, 0.1) is 0 Å². The zero-order chi connectivity index (χ0) is 15.1. The van der Waals surface area contributed by atoms with Crippen molar-refractivity contribution in [3.05, 3.63) is 41.5 Å². The van der Waals surface area contributed by atoms with E-state index in [1.165, 1.54) is 18.2 Å². The van der Waals surface area contributed by atoms with Crippen molar-refractivity contribution < 1.29 is 32.8 Å². The van der Waals surface area contributed by atoms with Crippen molar-refractivity contribution in [3.8, 4) is 0 Å². The second kappa shape index (κ2) is 4.58. The van der Waals surface area contributed by atoms with E-state index in [-0.39, 0.29) is 16.3 Å². The summed E-state index contributed by atoms with van der Waals surface area (Å²) in [5.74, 6) is -2.76. The Hall–Kier alpha value is -2.45. The number of fused-ring (bicyclic) bond motifs is 1. The summed E-state index contributed by atoms with van der Waals surface area (Å²) in [6, 6.07) is 5.64. The van der Waals surface area contributed by atoms with Crippen LogP contribution in [0.4, 0.5) is 0 Å². The third kappa shape index (κ3) is 2.33. The van der Waals surface area contributed by atoms with Crippen molar-refractivity contribution >= 4 is 32.8 Å². The molecule has 0 spiro atoms. The lowest BCUT2D eigenvalue weighted by molar-refractivity contribution is 0.0686. The van der Waals surface area contributed by atoms with E-state index >= 15 is 0 Å². The summed E-state index contributed by atoms with van der Waals surface area (Å²) >= 11 is 0. The maximum absolute atomic E-state index is 11.2. The molecule has 0 radical (unpaired) electrons. The van der Waals surface area contributed by atoms with E-state index in [1.807, 2.05) is 0 Å². The molecule has 2 aromatic carbocycles. The van der Waals surface area contributed by atoms with Gasteiger partial charge in [-0.15, -0.1) is 0 Å². The van der Waals surface area contributed by atoms with E-state index in [4.69, 9.17) is 14.8 Å². The lowest BCUT2D eigenvalue weighted by atomic mass is 10.00. The average Bonchev–Trinajstić information content (AvgIpc) is 2.35. The molecule has 2 rings (SSSR count). The second-order valence-electron chi connectivity index (χ2n) is 3.96. The molecule has 0 aliphatic rings. The Kier molecular flexibility index (Phi) is 3.20. The van der Waals surface area contributed by atoms with E-state index in [2.05, 4.69) is 0 Å². The van der Waals surface area contributed by atoms with Crippen LogP contribution in [-0.4, -0.2) is 35.1 Å². The highest BCUT2D eigenvalue weighted by molar-refractivity contribution is 7.85. The van der Waals surface area contributed by atoms with Crippen molar-refractivity contribution in [2.45, 2.75) is 4.90 Å². The molecule has 0 atom stereocenters. The fourth-order valence-corrected chi connectivity index (χ4v) is 2.41. The van der Waals surface area contributed by atoms with Crippen LogP contribution in [0.2, 0.25) is 0 Å². The topological polar surface area (TPSA) is 129 Å². The van der Waals surface area contributed by atoms with E-state index in [0.717, 1.165) is 12.1 Å². The first kappa shape index (κ1) is 14.0. The van der Waals surface area contributed by atoms with E-state index in [9.17, 15) is 18.0 Å². The van der Waals surface area contributed by atoms with Gasteiger partial charge in [-0.2, -0.15) is 8.42 Å². The summed E-state index contributed by atoms with van der Waals surface area (Å²) in [5, 5.41) is 18.1. The van der Waals surface area contributed by atoms with Crippen LogP contribution in [0.25, 0.3) is 10.8 Å². The molecule has 20 heavy (non-hydrogen) atoms. The zero-order valence-corrected chi connectivity index (χ0v) is 10.6. The van der Waals surface area contributed by atoms with Crippen molar-refractivity contribution in [2.75, 3.05) is 0 Å². The van der Waals surface area contributed by atoms with Crippen LogP contribution >= 0.6 is 0 Å². The van der Waals surface area contributed by atoms with Crippen LogP contribution in [-0.2, 0) is 10.1 Å². The highest BCUT2D eigenvalue weighted by Crippen LogP contribution is 2.27. The van der Waals surface area contributed by atoms with Gasteiger partial charge in [0, 0.05) is 0 Å². The molecule has 0 aliphatic carbocycles. The van der Waals surface area contributed by atoms with Gasteiger partial charge < -0.3 is 10.2 Å². The molecule has 0 amide bonds. The van der Waals surface area contributed by atoms with E-state index < -0.39 is 32.5 Å². The molecule has 8 heteroatoms. The van der Waals surface area contributed by atoms with Gasteiger partial charge in [0.05, 0.1) is 16.0 Å². The molecule has 0 aromatic heterocycles. The van der Waals surface area contributed by atoms with Gasteiger partial charge in [-0.05, 0) is 29.0 Å². The summed E-state index contributed by atoms with van der Waals surface area (Å²) in [7, 11) is -4.65. The summed E-state index contributed by atoms with van der Waals surface area (Å²) in [4.78, 5) is 21.6. The molecule has 0 saturated heterocycles. The summed E-state index contributed by atoms with van der Waals surface area (Å²) < 4.78 is 31.3. The Morgan fingerprint density at radius 1 is 0.900 bits per heavy atom. The maximum Gasteiger partial charge on any atom is 0.336 e. The molecule has 0 bridgehead atoms. The normalized spacial score (nSPS) is 11.4. The number of benzene rings is 2. The number of carboxylic acid groups (broad SMARTS) is 2. The minimum absolute atomic E-state index is 0.0739. The number of carbonyl (C=O) groups is 2. The van der Waals surface area contributed by atoms with Gasteiger partial charge in [-0.1, -0.05) is 12.1 Å². The van der Waals surface area contributed by atoms with Gasteiger partial charge in [-0.3, -0.25) is 4.55 Å². The summed E-state index contributed by atoms with van der Waals surface area (Å²) in [6.07, 6.45) is 0. The molecule has 0 unspecified atom stereocenters. The fraction of sp³-hybridized carbons (Fsp3) is 0. The van der Waals surface area contributed by atoms with Gasteiger partial charge in [-0.25, -0.2) is 9.59 Å². The third-order valence-electron chi connectivity index (χ3n) is 2.73. The van der Waals surface area contributed by atoms with Gasteiger partial charge in [0.1, 0.15) is 0 Å².